The number of ether oxygens (including phenoxy) is 2. The van der Waals surface area contributed by atoms with E-state index in [0.717, 1.165) is 5.69 Å². The zero-order valence-corrected chi connectivity index (χ0v) is 17.7. The molecule has 0 N–H and O–H groups in total. The van der Waals surface area contributed by atoms with Crippen molar-refractivity contribution in [3.63, 3.8) is 0 Å². The summed E-state index contributed by atoms with van der Waals surface area (Å²) in [5, 5.41) is 3.72. The van der Waals surface area contributed by atoms with Crippen LogP contribution in [0.25, 0.3) is 5.69 Å². The smallest absolute Gasteiger partial charge is 0.387 e. The lowest BCUT2D eigenvalue weighted by Crippen LogP contribution is -2.25. The topological polar surface area (TPSA) is 83.6 Å². The highest BCUT2D eigenvalue weighted by atomic mass is 19.3. The summed E-state index contributed by atoms with van der Waals surface area (Å²) in [6.45, 7) is 5.38. The van der Waals surface area contributed by atoms with Gasteiger partial charge in [0.2, 0.25) is 5.78 Å². The van der Waals surface area contributed by atoms with E-state index in [0.29, 0.717) is 28.4 Å². The van der Waals surface area contributed by atoms with Crippen molar-refractivity contribution in [2.45, 2.75) is 47.3 Å². The quantitative estimate of drug-likeness (QED) is 0.397. The van der Waals surface area contributed by atoms with Gasteiger partial charge in [-0.25, -0.2) is 4.79 Å². The second kappa shape index (κ2) is 8.71. The van der Waals surface area contributed by atoms with Gasteiger partial charge in [-0.15, -0.1) is 0 Å². The highest BCUT2D eigenvalue weighted by molar-refractivity contribution is 6.02. The number of hydrogen-bond donors (Lipinski definition) is 0. The van der Waals surface area contributed by atoms with Gasteiger partial charge in [-0.3, -0.25) is 4.79 Å². The first kappa shape index (κ1) is 22.2. The van der Waals surface area contributed by atoms with E-state index >= 15 is 0 Å². The van der Waals surface area contributed by atoms with Crippen molar-refractivity contribution in [2.75, 3.05) is 0 Å². The normalized spacial score (nSPS) is 12.1. The Morgan fingerprint density at radius 3 is 2.29 bits per heavy atom. The number of aromatic nitrogens is 2. The molecule has 0 saturated heterocycles. The Hall–Kier alpha value is -3.49. The molecule has 0 spiro atoms. The van der Waals surface area contributed by atoms with Crippen molar-refractivity contribution in [3.05, 3.63) is 64.3 Å². The molecular formula is C22H22F2N2O5. The highest BCUT2D eigenvalue weighted by Gasteiger charge is 2.27. The van der Waals surface area contributed by atoms with Gasteiger partial charge in [0.05, 0.1) is 5.69 Å². The third-order valence-electron chi connectivity index (χ3n) is 4.91. The zero-order valence-electron chi connectivity index (χ0n) is 17.7. The fourth-order valence-electron chi connectivity index (χ4n) is 3.45. The Morgan fingerprint density at radius 1 is 1.10 bits per heavy atom. The van der Waals surface area contributed by atoms with Crippen LogP contribution in [-0.4, -0.2) is 34.2 Å². The summed E-state index contributed by atoms with van der Waals surface area (Å²) in [7, 11) is 0. The van der Waals surface area contributed by atoms with Gasteiger partial charge in [0.25, 0.3) is 0 Å². The molecule has 0 saturated carbocycles. The van der Waals surface area contributed by atoms with Crippen LogP contribution in [0.1, 0.15) is 50.5 Å². The maximum absolute atomic E-state index is 13.0. The lowest BCUT2D eigenvalue weighted by molar-refractivity contribution is -0.0498. The van der Waals surface area contributed by atoms with Crippen molar-refractivity contribution < 1.29 is 32.4 Å². The fraction of sp³-hybridized carbons (Fsp3) is 0.318. The number of hydrogen-bond acceptors (Lipinski definition) is 6. The number of nitrogens with zero attached hydrogens (tertiary/aromatic N) is 2. The predicted octanol–water partition coefficient (Wildman–Crippen LogP) is 4.73. The summed E-state index contributed by atoms with van der Waals surface area (Å²) < 4.78 is 41.2. The number of aryl methyl sites for hydroxylation is 3. The summed E-state index contributed by atoms with van der Waals surface area (Å²) in [5.74, 6) is -0.686. The van der Waals surface area contributed by atoms with E-state index in [1.54, 1.807) is 39.0 Å². The Balaban J connectivity index is 1.82. The number of rotatable bonds is 7. The van der Waals surface area contributed by atoms with Gasteiger partial charge in [0.1, 0.15) is 17.1 Å². The van der Waals surface area contributed by atoms with Gasteiger partial charge in [-0.1, -0.05) is 5.16 Å². The molecule has 9 heteroatoms. The molecule has 2 aromatic heterocycles. The Morgan fingerprint density at radius 2 is 1.74 bits per heavy atom. The van der Waals surface area contributed by atoms with Crippen LogP contribution in [-0.2, 0) is 4.74 Å². The van der Waals surface area contributed by atoms with E-state index in [-0.39, 0.29) is 17.1 Å². The van der Waals surface area contributed by atoms with E-state index in [1.165, 1.54) is 19.1 Å². The van der Waals surface area contributed by atoms with Gasteiger partial charge in [-0.2, -0.15) is 8.78 Å². The van der Waals surface area contributed by atoms with Gasteiger partial charge >= 0.3 is 12.6 Å². The average Bonchev–Trinajstić information content (AvgIpc) is 3.19. The highest BCUT2D eigenvalue weighted by Crippen LogP contribution is 2.25. The SMILES string of the molecule is Cc1noc(C)c1C(=O)OC(C)C(=O)c1cc(C)n(-c2ccc(OC(F)F)cc2)c1C. The Kier molecular flexibility index (Phi) is 6.24. The molecule has 0 bridgehead atoms. The third-order valence-corrected chi connectivity index (χ3v) is 4.91. The second-order valence-electron chi connectivity index (χ2n) is 7.10. The molecule has 0 fully saturated rings. The fourth-order valence-corrected chi connectivity index (χ4v) is 3.45. The molecule has 164 valence electrons. The first-order valence-corrected chi connectivity index (χ1v) is 9.52. The molecule has 3 rings (SSSR count). The summed E-state index contributed by atoms with van der Waals surface area (Å²) in [5.41, 5.74) is 3.05. The van der Waals surface area contributed by atoms with Crippen molar-refractivity contribution >= 4 is 11.8 Å². The van der Waals surface area contributed by atoms with Crippen molar-refractivity contribution in [3.8, 4) is 11.4 Å². The molecule has 2 heterocycles. The van der Waals surface area contributed by atoms with Crippen LogP contribution >= 0.6 is 0 Å². The van der Waals surface area contributed by atoms with Crippen LogP contribution in [0.15, 0.2) is 34.9 Å². The van der Waals surface area contributed by atoms with Crippen LogP contribution in [0.5, 0.6) is 5.75 Å². The van der Waals surface area contributed by atoms with Crippen LogP contribution in [0.4, 0.5) is 8.78 Å². The van der Waals surface area contributed by atoms with E-state index in [4.69, 9.17) is 9.26 Å². The van der Waals surface area contributed by atoms with Gasteiger partial charge < -0.3 is 18.6 Å². The molecule has 0 aliphatic rings. The number of benzene rings is 1. The number of carbonyl (C=O) groups is 2. The maximum Gasteiger partial charge on any atom is 0.387 e. The Bertz CT molecular complexity index is 1100. The number of Topliss-reactive ketones (excluding diaryl/α,β-unsaturated/α-hetero) is 1. The molecule has 0 aliphatic carbocycles. The number of carbonyl (C=O) groups excluding carboxylic acids is 2. The van der Waals surface area contributed by atoms with Crippen LogP contribution in [0, 0.1) is 27.7 Å². The van der Waals surface area contributed by atoms with Crippen molar-refractivity contribution in [1.82, 2.24) is 9.72 Å². The zero-order chi connectivity index (χ0) is 22.9. The van der Waals surface area contributed by atoms with Gasteiger partial charge in [0, 0.05) is 22.6 Å². The minimum absolute atomic E-state index is 0.0392. The van der Waals surface area contributed by atoms with Crippen LogP contribution < -0.4 is 4.74 Å². The van der Waals surface area contributed by atoms with E-state index in [9.17, 15) is 18.4 Å². The van der Waals surface area contributed by atoms with Gasteiger partial charge in [-0.05, 0) is 65.0 Å². The minimum Gasteiger partial charge on any atom is -0.451 e. The number of halogens is 2. The van der Waals surface area contributed by atoms with E-state index in [2.05, 4.69) is 9.89 Å². The molecule has 7 nitrogen and oxygen atoms in total. The summed E-state index contributed by atoms with van der Waals surface area (Å²) in [6, 6.07) is 7.78. The molecule has 0 aliphatic heterocycles. The first-order valence-electron chi connectivity index (χ1n) is 9.52. The van der Waals surface area contributed by atoms with Crippen LogP contribution in [0.2, 0.25) is 0 Å². The summed E-state index contributed by atoms with van der Waals surface area (Å²) in [4.78, 5) is 25.4. The van der Waals surface area contributed by atoms with E-state index < -0.39 is 18.7 Å². The van der Waals surface area contributed by atoms with Crippen LogP contribution in [0.3, 0.4) is 0 Å². The molecule has 1 aromatic carbocycles. The first-order chi connectivity index (χ1) is 14.6. The van der Waals surface area contributed by atoms with E-state index in [1.807, 2.05) is 11.5 Å². The molecule has 0 radical (unpaired) electrons. The van der Waals surface area contributed by atoms with Crippen molar-refractivity contribution in [1.29, 1.82) is 0 Å². The summed E-state index contributed by atoms with van der Waals surface area (Å²) >= 11 is 0. The largest absolute Gasteiger partial charge is 0.451 e. The van der Waals surface area contributed by atoms with Gasteiger partial charge in [0.15, 0.2) is 6.10 Å². The minimum atomic E-state index is -2.90. The molecule has 0 amide bonds. The second-order valence-corrected chi connectivity index (χ2v) is 7.10. The predicted molar refractivity (Wildman–Crippen MR) is 107 cm³/mol. The lowest BCUT2D eigenvalue weighted by Gasteiger charge is -2.13. The standard InChI is InChI=1S/C22H22F2N2O5/c1-11-10-18(13(3)26(11)16-6-8-17(9-7-16)30-22(23)24)20(27)15(5)29-21(28)19-12(2)25-31-14(19)4/h6-10,15,22H,1-5H3. The number of alkyl halides is 2. The molecule has 1 atom stereocenters. The molecule has 31 heavy (non-hydrogen) atoms. The molecule has 3 aromatic rings. The average molecular weight is 432 g/mol. The maximum atomic E-state index is 13.0. The monoisotopic (exact) mass is 432 g/mol. The number of esters is 1. The summed E-state index contributed by atoms with van der Waals surface area (Å²) in [6.07, 6.45) is -1.03. The van der Waals surface area contributed by atoms with Crippen molar-refractivity contribution in [2.24, 2.45) is 0 Å². The molecule has 1 unspecified atom stereocenters. The Labute approximate surface area is 177 Å². The molecular weight excluding hydrogens is 410 g/mol. The third kappa shape index (κ3) is 4.50. The lowest BCUT2D eigenvalue weighted by atomic mass is 10.1. The number of ketones is 1.